The number of amides is 1. The van der Waals surface area contributed by atoms with E-state index >= 15 is 0 Å². The van der Waals surface area contributed by atoms with Crippen LogP contribution in [0.25, 0.3) is 11.3 Å². The first-order valence-electron chi connectivity index (χ1n) is 11.5. The Morgan fingerprint density at radius 2 is 2.00 bits per heavy atom. The van der Waals surface area contributed by atoms with Crippen LogP contribution in [0.3, 0.4) is 0 Å². The summed E-state index contributed by atoms with van der Waals surface area (Å²) < 4.78 is 19.4. The fraction of sp³-hybridized carbons (Fsp3) is 0.385. The summed E-state index contributed by atoms with van der Waals surface area (Å²) in [4.78, 5) is 19.2. The second kappa shape index (κ2) is 10.6. The molecule has 6 nitrogen and oxygen atoms in total. The lowest BCUT2D eigenvalue weighted by Crippen LogP contribution is -2.59. The number of nitrogens with one attached hydrogen (secondary N) is 1. The molecule has 34 heavy (non-hydrogen) atoms. The number of thiazole rings is 1. The van der Waals surface area contributed by atoms with Gasteiger partial charge in [-0.05, 0) is 55.2 Å². The van der Waals surface area contributed by atoms with Crippen molar-refractivity contribution in [1.82, 2.24) is 9.88 Å². The second-order valence-corrected chi connectivity index (χ2v) is 10.1. The van der Waals surface area contributed by atoms with E-state index in [1.165, 1.54) is 23.5 Å². The van der Waals surface area contributed by atoms with Crippen molar-refractivity contribution in [2.45, 2.75) is 38.4 Å². The van der Waals surface area contributed by atoms with Gasteiger partial charge in [0.05, 0.1) is 12.2 Å². The molecule has 2 atom stereocenters. The molecule has 1 aromatic heterocycles. The number of likely N-dealkylation sites (tertiary alicyclic amines) is 1. The number of nitrogens with zero attached hydrogens (tertiary/aromatic N) is 2. The number of aromatic nitrogens is 1. The zero-order valence-corrected chi connectivity index (χ0v) is 20.2. The first-order valence-corrected chi connectivity index (χ1v) is 12.4. The number of anilines is 1. The molecule has 0 bridgehead atoms. The number of hydrogen-bond donors (Lipinski definition) is 2. The number of piperidine rings is 1. The van der Waals surface area contributed by atoms with Gasteiger partial charge in [0.25, 0.3) is 0 Å². The van der Waals surface area contributed by atoms with Gasteiger partial charge < -0.3 is 15.2 Å². The third-order valence-corrected chi connectivity index (χ3v) is 6.68. The monoisotopic (exact) mass is 483 g/mol. The molecule has 3 aromatic rings. The first kappa shape index (κ1) is 24.3. The Morgan fingerprint density at radius 1 is 1.26 bits per heavy atom. The number of halogens is 1. The molecule has 4 rings (SSSR count). The number of ether oxygens (including phenoxy) is 1. The Labute approximate surface area is 203 Å². The minimum absolute atomic E-state index is 0.173. The molecule has 2 N–H and O–H groups in total. The normalized spacial score (nSPS) is 20.9. The highest BCUT2D eigenvalue weighted by atomic mass is 32.1. The highest BCUT2D eigenvalue weighted by Crippen LogP contribution is 2.32. The number of rotatable bonds is 8. The maximum absolute atomic E-state index is 13.2. The second-order valence-electron chi connectivity index (χ2n) is 9.20. The Hall–Kier alpha value is -2.81. The quantitative estimate of drug-likeness (QED) is 0.481. The van der Waals surface area contributed by atoms with E-state index in [0.29, 0.717) is 48.4 Å². The van der Waals surface area contributed by atoms with Gasteiger partial charge in [0.2, 0.25) is 5.91 Å². The fourth-order valence-electron chi connectivity index (χ4n) is 4.35. The fourth-order valence-corrected chi connectivity index (χ4v) is 5.08. The number of hydrogen-bond acceptors (Lipinski definition) is 6. The van der Waals surface area contributed by atoms with Crippen LogP contribution in [0.15, 0.2) is 60.0 Å². The predicted molar refractivity (Wildman–Crippen MR) is 132 cm³/mol. The van der Waals surface area contributed by atoms with Gasteiger partial charge in [-0.15, -0.1) is 11.3 Å². The van der Waals surface area contributed by atoms with Crippen molar-refractivity contribution in [3.05, 3.63) is 65.8 Å². The molecule has 0 spiro atoms. The zero-order valence-electron chi connectivity index (χ0n) is 19.4. The van der Waals surface area contributed by atoms with Gasteiger partial charge in [0.1, 0.15) is 23.3 Å². The molecule has 1 aliphatic rings. The largest absolute Gasteiger partial charge is 0.486 e. The molecule has 0 aliphatic carbocycles. The number of benzene rings is 2. The number of carbonyl (C=O) groups excluding carboxylic acids is 1. The first-order chi connectivity index (χ1) is 16.3. The number of carbonyl (C=O) groups is 1. The van der Waals surface area contributed by atoms with Gasteiger partial charge in [-0.2, -0.15) is 0 Å². The summed E-state index contributed by atoms with van der Waals surface area (Å²) in [6.07, 6.45) is 0.723. The highest BCUT2D eigenvalue weighted by molar-refractivity contribution is 7.14. The van der Waals surface area contributed by atoms with E-state index in [-0.39, 0.29) is 18.3 Å². The average Bonchev–Trinajstić information content (AvgIpc) is 3.25. The van der Waals surface area contributed by atoms with Crippen LogP contribution in [0.1, 0.15) is 26.7 Å². The van der Waals surface area contributed by atoms with Gasteiger partial charge in [-0.1, -0.05) is 32.0 Å². The van der Waals surface area contributed by atoms with Crippen LogP contribution in [0.2, 0.25) is 0 Å². The van der Waals surface area contributed by atoms with E-state index in [9.17, 15) is 14.3 Å². The third-order valence-electron chi connectivity index (χ3n) is 5.93. The minimum Gasteiger partial charge on any atom is -0.486 e. The van der Waals surface area contributed by atoms with Crippen molar-refractivity contribution >= 4 is 22.4 Å². The molecule has 180 valence electrons. The van der Waals surface area contributed by atoms with Crippen molar-refractivity contribution in [2.24, 2.45) is 5.92 Å². The molecule has 2 aromatic carbocycles. The van der Waals surface area contributed by atoms with Gasteiger partial charge >= 0.3 is 0 Å². The summed E-state index contributed by atoms with van der Waals surface area (Å²) in [5, 5.41) is 16.6. The van der Waals surface area contributed by atoms with Gasteiger partial charge in [-0.25, -0.2) is 9.37 Å². The van der Waals surface area contributed by atoms with Crippen LogP contribution in [0, 0.1) is 11.7 Å². The minimum atomic E-state index is -0.948. The molecular weight excluding hydrogens is 453 g/mol. The molecule has 2 heterocycles. The smallest absolute Gasteiger partial charge is 0.240 e. The Kier molecular flexibility index (Phi) is 7.60. The summed E-state index contributed by atoms with van der Waals surface area (Å²) in [5.41, 5.74) is 0.531. The highest BCUT2D eigenvalue weighted by Gasteiger charge is 2.43. The SMILES string of the molecule is CC(C)C[C@]1(O)CCN(CC(=O)Nc2nc(-c3ccc(F)cc3)cs2)C[C@@H]1Oc1ccccc1. The predicted octanol–water partition coefficient (Wildman–Crippen LogP) is 4.82. The molecule has 0 unspecified atom stereocenters. The molecule has 1 saturated heterocycles. The molecular formula is C26H30FN3O3S. The maximum atomic E-state index is 13.2. The van der Waals surface area contributed by atoms with Crippen molar-refractivity contribution in [3.63, 3.8) is 0 Å². The van der Waals surface area contributed by atoms with E-state index < -0.39 is 11.7 Å². The summed E-state index contributed by atoms with van der Waals surface area (Å²) in [7, 11) is 0. The number of aliphatic hydroxyl groups is 1. The van der Waals surface area contributed by atoms with E-state index in [0.717, 1.165) is 5.56 Å². The van der Waals surface area contributed by atoms with Gasteiger partial charge in [0, 0.05) is 24.0 Å². The van der Waals surface area contributed by atoms with Gasteiger partial charge in [0.15, 0.2) is 5.13 Å². The van der Waals surface area contributed by atoms with Gasteiger partial charge in [-0.3, -0.25) is 9.69 Å². The van der Waals surface area contributed by atoms with E-state index in [4.69, 9.17) is 4.74 Å². The summed E-state index contributed by atoms with van der Waals surface area (Å²) >= 11 is 1.33. The van der Waals surface area contributed by atoms with Crippen LogP contribution >= 0.6 is 11.3 Å². The topological polar surface area (TPSA) is 74.7 Å². The van der Waals surface area contributed by atoms with Crippen molar-refractivity contribution < 1.29 is 19.0 Å². The lowest BCUT2D eigenvalue weighted by atomic mass is 9.81. The summed E-state index contributed by atoms with van der Waals surface area (Å²) in [5.74, 6) is 0.552. The van der Waals surface area contributed by atoms with Crippen LogP contribution in [0.4, 0.5) is 9.52 Å². The van der Waals surface area contributed by atoms with Crippen LogP contribution in [-0.2, 0) is 4.79 Å². The zero-order chi connectivity index (χ0) is 24.1. The van der Waals surface area contributed by atoms with E-state index in [1.54, 1.807) is 12.1 Å². The summed E-state index contributed by atoms with van der Waals surface area (Å²) in [6, 6.07) is 15.6. The molecule has 8 heteroatoms. The molecule has 1 amide bonds. The van der Waals surface area contributed by atoms with Crippen LogP contribution < -0.4 is 10.1 Å². The Balaban J connectivity index is 1.38. The Bertz CT molecular complexity index is 1090. The maximum Gasteiger partial charge on any atom is 0.240 e. The number of para-hydroxylation sites is 1. The lowest BCUT2D eigenvalue weighted by molar-refractivity contribution is -0.129. The molecule has 1 fully saturated rings. The molecule has 0 radical (unpaired) electrons. The Morgan fingerprint density at radius 3 is 2.71 bits per heavy atom. The standard InChI is InChI=1S/C26H30FN3O3S/c1-18(2)14-26(32)12-13-30(15-23(26)33-21-6-4-3-5-7-21)16-24(31)29-25-28-22(17-34-25)19-8-10-20(27)11-9-19/h3-11,17-18,23,32H,12-16H2,1-2H3,(H,28,29,31)/t23-,26+/m0/s1. The van der Waals surface area contributed by atoms with Crippen LogP contribution in [0.5, 0.6) is 5.75 Å². The molecule has 1 aliphatic heterocycles. The van der Waals surface area contributed by atoms with Crippen LogP contribution in [-0.4, -0.2) is 52.2 Å². The average molecular weight is 484 g/mol. The van der Waals surface area contributed by atoms with Crippen molar-refractivity contribution in [2.75, 3.05) is 25.0 Å². The third kappa shape index (κ3) is 6.20. The van der Waals surface area contributed by atoms with E-state index in [1.807, 2.05) is 40.6 Å². The molecule has 0 saturated carbocycles. The van der Waals surface area contributed by atoms with Crippen molar-refractivity contribution in [1.29, 1.82) is 0 Å². The lowest BCUT2D eigenvalue weighted by Gasteiger charge is -2.44. The summed E-state index contributed by atoms with van der Waals surface area (Å²) in [6.45, 7) is 5.41. The van der Waals surface area contributed by atoms with E-state index in [2.05, 4.69) is 24.1 Å². The van der Waals surface area contributed by atoms with Crippen molar-refractivity contribution in [3.8, 4) is 17.0 Å².